The van der Waals surface area contributed by atoms with Crippen molar-refractivity contribution < 1.29 is 14.6 Å². The monoisotopic (exact) mass is 211 g/mol. The van der Waals surface area contributed by atoms with Gasteiger partial charge in [-0.15, -0.1) is 0 Å². The molecule has 0 saturated heterocycles. The number of ether oxygens (including phenoxy) is 2. The minimum absolute atomic E-state index is 0.176. The highest BCUT2D eigenvalue weighted by atomic mass is 16.5. The zero-order chi connectivity index (χ0) is 11.4. The van der Waals surface area contributed by atoms with E-state index >= 15 is 0 Å². The van der Waals surface area contributed by atoms with Gasteiger partial charge in [0, 0.05) is 12.1 Å². The Hall–Kier alpha value is -1.26. The van der Waals surface area contributed by atoms with Gasteiger partial charge in [-0.25, -0.2) is 0 Å². The van der Waals surface area contributed by atoms with Crippen LogP contribution in [0, 0.1) is 6.92 Å². The number of rotatable bonds is 4. The fourth-order valence-electron chi connectivity index (χ4n) is 1.43. The van der Waals surface area contributed by atoms with Crippen molar-refractivity contribution in [3.8, 4) is 11.5 Å². The first-order chi connectivity index (χ1) is 7.13. The molecule has 0 radical (unpaired) electrons. The summed E-state index contributed by atoms with van der Waals surface area (Å²) in [6.45, 7) is 2.08. The second-order valence-corrected chi connectivity index (χ2v) is 3.30. The van der Waals surface area contributed by atoms with Crippen LogP contribution in [0.15, 0.2) is 12.1 Å². The molecule has 0 aliphatic carbocycles. The van der Waals surface area contributed by atoms with Crippen LogP contribution in [0.4, 0.5) is 0 Å². The molecule has 4 nitrogen and oxygen atoms in total. The Kier molecular flexibility index (Phi) is 3.94. The summed E-state index contributed by atoms with van der Waals surface area (Å²) in [6.07, 6.45) is -0.687. The van der Waals surface area contributed by atoms with Gasteiger partial charge in [0.15, 0.2) is 0 Å². The minimum Gasteiger partial charge on any atom is -0.496 e. The van der Waals surface area contributed by atoms with Crippen molar-refractivity contribution in [2.45, 2.75) is 13.0 Å². The van der Waals surface area contributed by atoms with E-state index in [1.165, 1.54) is 0 Å². The van der Waals surface area contributed by atoms with Crippen molar-refractivity contribution >= 4 is 0 Å². The van der Waals surface area contributed by atoms with Crippen molar-refractivity contribution in [3.05, 3.63) is 23.3 Å². The van der Waals surface area contributed by atoms with Crippen molar-refractivity contribution in [1.29, 1.82) is 0 Å². The molecule has 1 rings (SSSR count). The molecule has 0 aromatic heterocycles. The van der Waals surface area contributed by atoms with Crippen LogP contribution in [0.5, 0.6) is 11.5 Å². The molecule has 84 valence electrons. The van der Waals surface area contributed by atoms with E-state index in [0.717, 1.165) is 5.56 Å². The molecular formula is C11H17NO3. The van der Waals surface area contributed by atoms with Crippen molar-refractivity contribution in [3.63, 3.8) is 0 Å². The van der Waals surface area contributed by atoms with Crippen LogP contribution in [0.1, 0.15) is 17.2 Å². The van der Waals surface area contributed by atoms with Crippen molar-refractivity contribution in [2.24, 2.45) is 5.73 Å². The van der Waals surface area contributed by atoms with Gasteiger partial charge < -0.3 is 20.3 Å². The summed E-state index contributed by atoms with van der Waals surface area (Å²) < 4.78 is 10.4. The topological polar surface area (TPSA) is 64.7 Å². The Balaban J connectivity index is 3.20. The van der Waals surface area contributed by atoms with Crippen LogP contribution in [0.2, 0.25) is 0 Å². The Morgan fingerprint density at radius 1 is 1.27 bits per heavy atom. The van der Waals surface area contributed by atoms with Gasteiger partial charge in [-0.05, 0) is 24.6 Å². The first-order valence-electron chi connectivity index (χ1n) is 4.74. The number of aliphatic hydroxyl groups is 1. The Bertz CT molecular complexity index is 314. The highest BCUT2D eigenvalue weighted by Crippen LogP contribution is 2.31. The molecule has 4 heteroatoms. The van der Waals surface area contributed by atoms with E-state index in [1.807, 2.05) is 6.92 Å². The maximum atomic E-state index is 9.62. The van der Waals surface area contributed by atoms with Gasteiger partial charge in [0.25, 0.3) is 0 Å². The Morgan fingerprint density at radius 2 is 1.73 bits per heavy atom. The summed E-state index contributed by atoms with van der Waals surface area (Å²) >= 11 is 0. The second kappa shape index (κ2) is 5.00. The highest BCUT2D eigenvalue weighted by Gasteiger charge is 2.12. The van der Waals surface area contributed by atoms with E-state index < -0.39 is 6.10 Å². The Labute approximate surface area is 89.6 Å². The lowest BCUT2D eigenvalue weighted by Gasteiger charge is -2.15. The standard InChI is InChI=1S/C11H17NO3/c1-7-10(14-2)4-8(9(13)6-12)5-11(7)15-3/h4-5,9,13H,6,12H2,1-3H3. The molecule has 1 aromatic rings. The number of methoxy groups -OCH3 is 2. The summed E-state index contributed by atoms with van der Waals surface area (Å²) in [5, 5.41) is 9.62. The first-order valence-corrected chi connectivity index (χ1v) is 4.74. The quantitative estimate of drug-likeness (QED) is 0.780. The summed E-state index contributed by atoms with van der Waals surface area (Å²) in [7, 11) is 3.17. The predicted molar refractivity (Wildman–Crippen MR) is 58.3 cm³/mol. The number of hydrogen-bond donors (Lipinski definition) is 2. The fraction of sp³-hybridized carbons (Fsp3) is 0.455. The van der Waals surface area contributed by atoms with E-state index in [4.69, 9.17) is 15.2 Å². The van der Waals surface area contributed by atoms with Gasteiger partial charge in [0.1, 0.15) is 11.5 Å². The van der Waals surface area contributed by atoms with E-state index in [9.17, 15) is 5.11 Å². The Morgan fingerprint density at radius 3 is 2.07 bits per heavy atom. The fourth-order valence-corrected chi connectivity index (χ4v) is 1.43. The number of aliphatic hydroxyl groups excluding tert-OH is 1. The van der Waals surface area contributed by atoms with Crippen LogP contribution in [0.25, 0.3) is 0 Å². The largest absolute Gasteiger partial charge is 0.496 e. The maximum absolute atomic E-state index is 9.62. The van der Waals surface area contributed by atoms with Crippen molar-refractivity contribution in [2.75, 3.05) is 20.8 Å². The molecular weight excluding hydrogens is 194 g/mol. The molecule has 0 amide bonds. The second-order valence-electron chi connectivity index (χ2n) is 3.30. The average Bonchev–Trinajstić information content (AvgIpc) is 2.28. The molecule has 0 aliphatic rings. The molecule has 0 spiro atoms. The van der Waals surface area contributed by atoms with Gasteiger partial charge in [-0.1, -0.05) is 0 Å². The van der Waals surface area contributed by atoms with E-state index in [2.05, 4.69) is 0 Å². The minimum atomic E-state index is -0.687. The molecule has 1 unspecified atom stereocenters. The maximum Gasteiger partial charge on any atom is 0.125 e. The van der Waals surface area contributed by atoms with Crippen LogP contribution >= 0.6 is 0 Å². The van der Waals surface area contributed by atoms with Gasteiger partial charge in [0.05, 0.1) is 20.3 Å². The third kappa shape index (κ3) is 2.40. The third-order valence-electron chi connectivity index (χ3n) is 2.38. The summed E-state index contributed by atoms with van der Waals surface area (Å²) in [5.74, 6) is 1.38. The zero-order valence-electron chi connectivity index (χ0n) is 9.28. The van der Waals surface area contributed by atoms with Gasteiger partial charge in [-0.2, -0.15) is 0 Å². The summed E-state index contributed by atoms with van der Waals surface area (Å²) in [6, 6.07) is 3.55. The van der Waals surface area contributed by atoms with Gasteiger partial charge in [-0.3, -0.25) is 0 Å². The highest BCUT2D eigenvalue weighted by molar-refractivity contribution is 5.47. The average molecular weight is 211 g/mol. The molecule has 0 bridgehead atoms. The number of nitrogens with two attached hydrogens (primary N) is 1. The summed E-state index contributed by atoms with van der Waals surface area (Å²) in [5.41, 5.74) is 7.01. The molecule has 0 aliphatic heterocycles. The third-order valence-corrected chi connectivity index (χ3v) is 2.38. The SMILES string of the molecule is COc1cc(C(O)CN)cc(OC)c1C. The van der Waals surface area contributed by atoms with Gasteiger partial charge >= 0.3 is 0 Å². The molecule has 15 heavy (non-hydrogen) atoms. The summed E-state index contributed by atoms with van der Waals surface area (Å²) in [4.78, 5) is 0. The van der Waals surface area contributed by atoms with Crippen molar-refractivity contribution in [1.82, 2.24) is 0 Å². The first kappa shape index (κ1) is 11.8. The van der Waals surface area contributed by atoms with E-state index in [1.54, 1.807) is 26.4 Å². The molecule has 0 fully saturated rings. The normalized spacial score (nSPS) is 12.3. The number of hydrogen-bond acceptors (Lipinski definition) is 4. The van der Waals surface area contributed by atoms with Crippen LogP contribution in [-0.4, -0.2) is 25.9 Å². The van der Waals surface area contributed by atoms with Crippen LogP contribution in [-0.2, 0) is 0 Å². The molecule has 1 aromatic carbocycles. The molecule has 0 heterocycles. The van der Waals surface area contributed by atoms with E-state index in [-0.39, 0.29) is 6.54 Å². The molecule has 3 N–H and O–H groups in total. The molecule has 1 atom stereocenters. The lowest BCUT2D eigenvalue weighted by atomic mass is 10.1. The van der Waals surface area contributed by atoms with Gasteiger partial charge in [0.2, 0.25) is 0 Å². The zero-order valence-corrected chi connectivity index (χ0v) is 9.28. The smallest absolute Gasteiger partial charge is 0.125 e. The lowest BCUT2D eigenvalue weighted by Crippen LogP contribution is -2.12. The lowest BCUT2D eigenvalue weighted by molar-refractivity contribution is 0.186. The predicted octanol–water partition coefficient (Wildman–Crippen LogP) is 1.00. The van der Waals surface area contributed by atoms with Crippen LogP contribution < -0.4 is 15.2 Å². The number of benzene rings is 1. The van der Waals surface area contributed by atoms with Crippen LogP contribution in [0.3, 0.4) is 0 Å². The van der Waals surface area contributed by atoms with E-state index in [0.29, 0.717) is 17.1 Å². The molecule has 0 saturated carbocycles.